The molecule has 0 unspecified atom stereocenters. The van der Waals surface area contributed by atoms with Crippen LogP contribution in [0.25, 0.3) is 0 Å². The van der Waals surface area contributed by atoms with Crippen molar-refractivity contribution in [3.05, 3.63) is 88.0 Å². The molecule has 0 saturated heterocycles. The van der Waals surface area contributed by atoms with Gasteiger partial charge in [-0.1, -0.05) is 0 Å². The van der Waals surface area contributed by atoms with Gasteiger partial charge in [-0.15, -0.1) is 0 Å². The first-order valence-corrected chi connectivity index (χ1v) is 16.1. The Kier molecular flexibility index (Phi) is 8.41. The van der Waals surface area contributed by atoms with Crippen LogP contribution < -0.4 is 9.47 Å². The Bertz CT molecular complexity index is 2340. The molecule has 0 spiro atoms. The molecular weight excluding hydrogens is 732 g/mol. The van der Waals surface area contributed by atoms with E-state index in [1.165, 1.54) is 0 Å². The highest BCUT2D eigenvalue weighted by molar-refractivity contribution is 5.91. The van der Waals surface area contributed by atoms with E-state index in [4.69, 9.17) is 14.2 Å². The molecule has 0 radical (unpaired) electrons. The second-order valence-electron chi connectivity index (χ2n) is 12.9. The number of hydrogen-bond donors (Lipinski definition) is 14. The van der Waals surface area contributed by atoms with Crippen molar-refractivity contribution >= 4 is 5.97 Å². The molecule has 0 saturated carbocycles. The zero-order valence-corrected chi connectivity index (χ0v) is 27.7. The Morgan fingerprint density at radius 3 is 1.58 bits per heavy atom. The van der Waals surface area contributed by atoms with E-state index in [0.29, 0.717) is 0 Å². The molecule has 0 aliphatic carbocycles. The highest BCUT2D eigenvalue weighted by atomic mass is 16.6. The van der Waals surface area contributed by atoms with Gasteiger partial charge in [-0.2, -0.15) is 0 Å². The predicted octanol–water partition coefficient (Wildman–Crippen LogP) is 3.39. The summed E-state index contributed by atoms with van der Waals surface area (Å²) >= 11 is 0. The number of aliphatic hydroxyl groups excluding tert-OH is 1. The van der Waals surface area contributed by atoms with Crippen molar-refractivity contribution in [3.8, 4) is 86.2 Å². The van der Waals surface area contributed by atoms with Gasteiger partial charge in [-0.25, -0.2) is 4.79 Å². The quantitative estimate of drug-likeness (QED) is 0.0901. The predicted molar refractivity (Wildman–Crippen MR) is 181 cm³/mol. The van der Waals surface area contributed by atoms with Crippen molar-refractivity contribution in [2.24, 2.45) is 0 Å². The van der Waals surface area contributed by atoms with E-state index in [1.807, 2.05) is 0 Å². The third-order valence-corrected chi connectivity index (χ3v) is 9.40. The maximum Gasteiger partial charge on any atom is 0.338 e. The Morgan fingerprint density at radius 1 is 0.545 bits per heavy atom. The summed E-state index contributed by atoms with van der Waals surface area (Å²) in [5.41, 5.74) is -1.47. The van der Waals surface area contributed by atoms with Crippen molar-refractivity contribution in [1.29, 1.82) is 0 Å². The summed E-state index contributed by atoms with van der Waals surface area (Å²) in [6.45, 7) is 0. The Hall–Kier alpha value is -7.47. The maximum absolute atomic E-state index is 13.4. The highest BCUT2D eigenvalue weighted by Crippen LogP contribution is 2.58. The lowest BCUT2D eigenvalue weighted by molar-refractivity contribution is -0.0211. The molecule has 5 atom stereocenters. The number of fused-ring (bicyclic) bond motifs is 2. The van der Waals surface area contributed by atoms with Gasteiger partial charge in [-0.05, 0) is 36.4 Å². The summed E-state index contributed by atoms with van der Waals surface area (Å²) in [6, 6.07) is 8.21. The van der Waals surface area contributed by atoms with Gasteiger partial charge in [0.1, 0.15) is 46.7 Å². The fourth-order valence-electron chi connectivity index (χ4n) is 6.87. The van der Waals surface area contributed by atoms with E-state index in [2.05, 4.69) is 0 Å². The van der Waals surface area contributed by atoms with Crippen molar-refractivity contribution < 1.29 is 90.5 Å². The first kappa shape index (κ1) is 35.9. The molecule has 18 nitrogen and oxygen atoms in total. The van der Waals surface area contributed by atoms with Crippen LogP contribution in [-0.4, -0.2) is 89.7 Å². The van der Waals surface area contributed by atoms with E-state index in [1.54, 1.807) is 0 Å². The molecule has 286 valence electrons. The van der Waals surface area contributed by atoms with Crippen LogP contribution in [0.15, 0.2) is 54.6 Å². The van der Waals surface area contributed by atoms with E-state index in [-0.39, 0.29) is 39.3 Å². The highest BCUT2D eigenvalue weighted by Gasteiger charge is 2.47. The van der Waals surface area contributed by atoms with Crippen LogP contribution in [0, 0.1) is 0 Å². The molecule has 0 fully saturated rings. The number of aromatic hydroxyl groups is 13. The second-order valence-corrected chi connectivity index (χ2v) is 12.9. The molecule has 2 aliphatic rings. The number of carbonyl (C=O) groups is 1. The zero-order chi connectivity index (χ0) is 39.8. The van der Waals surface area contributed by atoms with Crippen molar-refractivity contribution in [1.82, 2.24) is 0 Å². The summed E-state index contributed by atoms with van der Waals surface area (Å²) in [7, 11) is 0. The number of phenols is 13. The van der Waals surface area contributed by atoms with Gasteiger partial charge < -0.3 is 85.7 Å². The zero-order valence-electron chi connectivity index (χ0n) is 27.7. The van der Waals surface area contributed by atoms with Gasteiger partial charge in [0.25, 0.3) is 0 Å². The second kappa shape index (κ2) is 12.9. The van der Waals surface area contributed by atoms with Gasteiger partial charge in [0, 0.05) is 52.4 Å². The number of benzene rings is 5. The van der Waals surface area contributed by atoms with Gasteiger partial charge in [0.15, 0.2) is 64.0 Å². The topological polar surface area (TPSA) is 328 Å². The Balaban J connectivity index is 1.41. The van der Waals surface area contributed by atoms with Gasteiger partial charge in [0.05, 0.1) is 11.5 Å². The molecule has 2 heterocycles. The van der Waals surface area contributed by atoms with E-state index >= 15 is 0 Å². The lowest BCUT2D eigenvalue weighted by Crippen LogP contribution is -2.38. The van der Waals surface area contributed by atoms with Crippen LogP contribution in [0.4, 0.5) is 0 Å². The molecule has 2 aliphatic heterocycles. The van der Waals surface area contributed by atoms with Crippen LogP contribution in [-0.2, 0) is 11.2 Å². The third kappa shape index (κ3) is 5.95. The number of carbonyl (C=O) groups excluding carboxylic acids is 1. The fraction of sp³-hybridized carbons (Fsp3) is 0.162. The standard InChI is InChI=1S/C37H30O18/c38-14-7-17(40)27-25(8-14)53-35(12-3-21(44)31(49)22(45)4-12)33(51)29(27)28-18(41)10-16(39)15-9-26(54-37(52)13-5-23(46)32(50)24(47)6-13)34(55-36(15)28)11-1-19(42)30(48)20(43)2-11/h1-8,10,26,29,33-35,38-51H,9H2/t26-,29+,33+,34-,35-/m1/s1. The summed E-state index contributed by atoms with van der Waals surface area (Å²) in [4.78, 5) is 13.4. The number of hydrogen-bond acceptors (Lipinski definition) is 18. The van der Waals surface area contributed by atoms with Crippen molar-refractivity contribution in [3.63, 3.8) is 0 Å². The average molecular weight is 763 g/mol. The van der Waals surface area contributed by atoms with E-state index in [0.717, 1.165) is 54.6 Å². The minimum Gasteiger partial charge on any atom is -0.508 e. The molecule has 7 rings (SSSR count). The van der Waals surface area contributed by atoms with Crippen LogP contribution in [0.3, 0.4) is 0 Å². The number of aliphatic hydroxyl groups is 1. The van der Waals surface area contributed by atoms with Gasteiger partial charge >= 0.3 is 5.97 Å². The third-order valence-electron chi connectivity index (χ3n) is 9.40. The normalized spacial score (nSPS) is 20.1. The van der Waals surface area contributed by atoms with Crippen LogP contribution >= 0.6 is 0 Å². The molecule has 18 heteroatoms. The number of phenolic OH excluding ortho intramolecular Hbond substituents is 13. The molecule has 14 N–H and O–H groups in total. The maximum atomic E-state index is 13.4. The monoisotopic (exact) mass is 762 g/mol. The SMILES string of the molecule is O=C(O[C@@H]1Cc2c(O)cc(O)c([C@@H]3c4c(O)cc(O)cc4O[C@H](c4cc(O)c(O)c(O)c4)[C@H]3O)c2O[C@@H]1c1cc(O)c(O)c(O)c1)c1cc(O)c(O)c(O)c1. The largest absolute Gasteiger partial charge is 0.508 e. The molecule has 5 aromatic rings. The van der Waals surface area contributed by atoms with Gasteiger partial charge in [-0.3, -0.25) is 0 Å². The van der Waals surface area contributed by atoms with Crippen LogP contribution in [0.1, 0.15) is 56.3 Å². The molecule has 55 heavy (non-hydrogen) atoms. The summed E-state index contributed by atoms with van der Waals surface area (Å²) in [5.74, 6) is -13.7. The lowest BCUT2D eigenvalue weighted by atomic mass is 9.77. The fourth-order valence-corrected chi connectivity index (χ4v) is 6.87. The molecule has 5 aromatic carbocycles. The molecule has 0 bridgehead atoms. The Morgan fingerprint density at radius 2 is 1.04 bits per heavy atom. The van der Waals surface area contributed by atoms with Gasteiger partial charge in [0.2, 0.25) is 0 Å². The minimum atomic E-state index is -1.87. The summed E-state index contributed by atoms with van der Waals surface area (Å²) in [5, 5.41) is 147. The summed E-state index contributed by atoms with van der Waals surface area (Å²) in [6.07, 6.45) is -7.05. The first-order chi connectivity index (χ1) is 25.9. The van der Waals surface area contributed by atoms with E-state index in [9.17, 15) is 76.3 Å². The Labute approximate surface area is 307 Å². The first-order valence-electron chi connectivity index (χ1n) is 16.1. The minimum absolute atomic E-state index is 0.127. The number of rotatable bonds is 5. The molecule has 0 amide bonds. The van der Waals surface area contributed by atoms with Crippen molar-refractivity contribution in [2.75, 3.05) is 0 Å². The number of ether oxygens (including phenoxy) is 3. The number of esters is 1. The molecule has 0 aromatic heterocycles. The van der Waals surface area contributed by atoms with Crippen LogP contribution in [0.5, 0.6) is 86.2 Å². The average Bonchev–Trinajstić information content (AvgIpc) is 3.11. The van der Waals surface area contributed by atoms with E-state index < -0.39 is 123 Å². The van der Waals surface area contributed by atoms with Crippen molar-refractivity contribution in [2.45, 2.75) is 36.8 Å². The lowest BCUT2D eigenvalue weighted by Gasteiger charge is -2.40. The summed E-state index contributed by atoms with van der Waals surface area (Å²) < 4.78 is 17.9. The smallest absolute Gasteiger partial charge is 0.338 e. The van der Waals surface area contributed by atoms with Crippen LogP contribution in [0.2, 0.25) is 0 Å². The molecular formula is C37H30O18.